The van der Waals surface area contributed by atoms with Crippen LogP contribution in [0.4, 0.5) is 0 Å². The number of carboxylic acids is 1. The highest BCUT2D eigenvalue weighted by Gasteiger charge is 2.27. The number of hydrogen-bond acceptors (Lipinski definition) is 3. The number of nitrogens with zero attached hydrogens (tertiary/aromatic N) is 1. The van der Waals surface area contributed by atoms with Crippen LogP contribution in [-0.2, 0) is 4.79 Å². The second-order valence-electron chi connectivity index (χ2n) is 4.29. The largest absolute Gasteiger partial charge is 0.481 e. The molecule has 1 heterocycles. The van der Waals surface area contributed by atoms with Crippen LogP contribution in [0.15, 0.2) is 12.2 Å². The summed E-state index contributed by atoms with van der Waals surface area (Å²) in [6.07, 6.45) is 5.66. The fourth-order valence-electron chi connectivity index (χ4n) is 2.35. The van der Waals surface area contributed by atoms with Crippen LogP contribution >= 0.6 is 0 Å². The van der Waals surface area contributed by atoms with Crippen LogP contribution in [-0.4, -0.2) is 48.2 Å². The Morgan fingerprint density at radius 2 is 2.13 bits per heavy atom. The Morgan fingerprint density at radius 3 is 2.80 bits per heavy atom. The highest BCUT2D eigenvalue weighted by atomic mass is 16.4. The molecule has 1 fully saturated rings. The lowest BCUT2D eigenvalue weighted by molar-refractivity contribution is -0.142. The molecule has 1 saturated heterocycles. The summed E-state index contributed by atoms with van der Waals surface area (Å²) in [5, 5.41) is 12.3. The lowest BCUT2D eigenvalue weighted by Gasteiger charge is -2.36. The molecular weight excluding hydrogens is 192 g/mol. The minimum Gasteiger partial charge on any atom is -0.481 e. The fourth-order valence-corrected chi connectivity index (χ4v) is 2.35. The van der Waals surface area contributed by atoms with Crippen molar-refractivity contribution in [3.05, 3.63) is 12.2 Å². The molecule has 4 heteroatoms. The van der Waals surface area contributed by atoms with Crippen LogP contribution in [0.2, 0.25) is 0 Å². The van der Waals surface area contributed by atoms with Gasteiger partial charge in [-0.15, -0.1) is 0 Å². The van der Waals surface area contributed by atoms with Crippen molar-refractivity contribution >= 4 is 5.97 Å². The Hall–Kier alpha value is -0.870. The summed E-state index contributed by atoms with van der Waals surface area (Å²) in [6, 6.07) is 0.335. The Labute approximate surface area is 90.0 Å². The first-order valence-electron chi connectivity index (χ1n) is 5.61. The second-order valence-corrected chi connectivity index (χ2v) is 4.29. The van der Waals surface area contributed by atoms with Crippen molar-refractivity contribution in [2.45, 2.75) is 18.9 Å². The zero-order valence-corrected chi connectivity index (χ0v) is 8.85. The molecule has 0 unspecified atom stereocenters. The number of carbonyl (C=O) groups is 1. The van der Waals surface area contributed by atoms with Gasteiger partial charge >= 0.3 is 5.97 Å². The fraction of sp³-hybridized carbons (Fsp3) is 0.727. The van der Waals surface area contributed by atoms with Crippen LogP contribution < -0.4 is 5.32 Å². The molecule has 4 nitrogen and oxygen atoms in total. The summed E-state index contributed by atoms with van der Waals surface area (Å²) in [6.45, 7) is 4.09. The molecule has 1 aliphatic heterocycles. The Bertz CT molecular complexity index is 259. The van der Waals surface area contributed by atoms with E-state index >= 15 is 0 Å². The van der Waals surface area contributed by atoms with E-state index < -0.39 is 5.97 Å². The van der Waals surface area contributed by atoms with E-state index in [4.69, 9.17) is 5.11 Å². The van der Waals surface area contributed by atoms with Gasteiger partial charge < -0.3 is 10.4 Å². The van der Waals surface area contributed by atoms with Crippen molar-refractivity contribution < 1.29 is 9.90 Å². The van der Waals surface area contributed by atoms with E-state index in [0.29, 0.717) is 12.5 Å². The van der Waals surface area contributed by atoms with E-state index in [9.17, 15) is 4.79 Å². The van der Waals surface area contributed by atoms with Gasteiger partial charge in [0, 0.05) is 32.2 Å². The highest BCUT2D eigenvalue weighted by molar-refractivity contribution is 5.70. The normalized spacial score (nSPS) is 32.8. The van der Waals surface area contributed by atoms with Crippen LogP contribution in [0.1, 0.15) is 12.8 Å². The maximum atomic E-state index is 10.9. The molecule has 84 valence electrons. The van der Waals surface area contributed by atoms with Gasteiger partial charge in [-0.3, -0.25) is 9.69 Å². The summed E-state index contributed by atoms with van der Waals surface area (Å²) in [4.78, 5) is 13.3. The van der Waals surface area contributed by atoms with E-state index in [1.807, 2.05) is 6.08 Å². The number of carboxylic acid groups (broad SMARTS) is 1. The first-order valence-corrected chi connectivity index (χ1v) is 5.61. The van der Waals surface area contributed by atoms with Gasteiger partial charge in [0.25, 0.3) is 0 Å². The smallest absolute Gasteiger partial charge is 0.306 e. The first-order chi connectivity index (χ1) is 7.27. The number of piperazine rings is 1. The molecule has 0 amide bonds. The van der Waals surface area contributed by atoms with E-state index in [1.165, 1.54) is 0 Å². The maximum absolute atomic E-state index is 10.9. The van der Waals surface area contributed by atoms with Gasteiger partial charge in [-0.2, -0.15) is 0 Å². The van der Waals surface area contributed by atoms with E-state index in [1.54, 1.807) is 0 Å². The Morgan fingerprint density at radius 1 is 1.40 bits per heavy atom. The number of rotatable bonds is 2. The molecule has 2 rings (SSSR count). The van der Waals surface area contributed by atoms with Crippen LogP contribution in [0.25, 0.3) is 0 Å². The average molecular weight is 210 g/mol. The molecule has 0 bridgehead atoms. The van der Waals surface area contributed by atoms with Gasteiger partial charge in [0.2, 0.25) is 0 Å². The van der Waals surface area contributed by atoms with Gasteiger partial charge in [-0.1, -0.05) is 12.2 Å². The van der Waals surface area contributed by atoms with Gasteiger partial charge in [0.1, 0.15) is 0 Å². The van der Waals surface area contributed by atoms with Crippen LogP contribution in [0.5, 0.6) is 0 Å². The summed E-state index contributed by atoms with van der Waals surface area (Å²) in [5.74, 6) is -0.839. The molecule has 2 atom stereocenters. The van der Waals surface area contributed by atoms with Gasteiger partial charge in [0.15, 0.2) is 0 Å². The third-order valence-electron chi connectivity index (χ3n) is 3.27. The van der Waals surface area contributed by atoms with Crippen LogP contribution in [0, 0.1) is 5.92 Å². The zero-order chi connectivity index (χ0) is 10.7. The predicted molar refractivity (Wildman–Crippen MR) is 57.7 cm³/mol. The zero-order valence-electron chi connectivity index (χ0n) is 8.85. The molecule has 0 radical (unpaired) electrons. The number of nitrogens with one attached hydrogen (secondary N) is 1. The van der Waals surface area contributed by atoms with E-state index in [2.05, 4.69) is 16.3 Å². The first kappa shape index (κ1) is 10.6. The Balaban J connectivity index is 1.94. The van der Waals surface area contributed by atoms with Crippen molar-refractivity contribution in [1.29, 1.82) is 0 Å². The molecule has 0 aromatic rings. The Kier molecular flexibility index (Phi) is 3.38. The molecule has 0 spiro atoms. The molecular formula is C11H18N2O2. The number of aliphatic carboxylic acids is 1. The predicted octanol–water partition coefficient (Wildman–Crippen LogP) is 0.311. The van der Waals surface area contributed by atoms with E-state index in [-0.39, 0.29) is 5.92 Å². The van der Waals surface area contributed by atoms with Crippen molar-refractivity contribution in [3.63, 3.8) is 0 Å². The van der Waals surface area contributed by atoms with Crippen molar-refractivity contribution in [1.82, 2.24) is 10.2 Å². The summed E-state index contributed by atoms with van der Waals surface area (Å²) >= 11 is 0. The minimum absolute atomic E-state index is 0.185. The molecule has 1 aliphatic carbocycles. The quantitative estimate of drug-likeness (QED) is 0.644. The van der Waals surface area contributed by atoms with E-state index in [0.717, 1.165) is 32.6 Å². The monoisotopic (exact) mass is 210 g/mol. The number of allylic oxidation sites excluding steroid dienone is 1. The third kappa shape index (κ3) is 2.58. The third-order valence-corrected chi connectivity index (χ3v) is 3.27. The summed E-state index contributed by atoms with van der Waals surface area (Å²) in [5.41, 5.74) is 0. The van der Waals surface area contributed by atoms with Crippen molar-refractivity contribution in [3.8, 4) is 0 Å². The average Bonchev–Trinajstić information content (AvgIpc) is 2.30. The van der Waals surface area contributed by atoms with Gasteiger partial charge in [-0.25, -0.2) is 0 Å². The van der Waals surface area contributed by atoms with Crippen molar-refractivity contribution in [2.24, 2.45) is 5.92 Å². The summed E-state index contributed by atoms with van der Waals surface area (Å²) < 4.78 is 0. The number of hydrogen-bond donors (Lipinski definition) is 2. The second kappa shape index (κ2) is 4.77. The van der Waals surface area contributed by atoms with Gasteiger partial charge in [-0.05, 0) is 12.8 Å². The SMILES string of the molecule is O=C(O)[C@H]1CC=C[C@H](N2CCNCC2)C1. The summed E-state index contributed by atoms with van der Waals surface area (Å²) in [7, 11) is 0. The standard InChI is InChI=1S/C11H18N2O2/c14-11(15)9-2-1-3-10(8-9)13-6-4-12-5-7-13/h1,3,9-10,12H,2,4-8H2,(H,14,15)/t9-,10-/m0/s1. The molecule has 15 heavy (non-hydrogen) atoms. The lowest BCUT2D eigenvalue weighted by Crippen LogP contribution is -2.49. The lowest BCUT2D eigenvalue weighted by atomic mass is 9.90. The highest BCUT2D eigenvalue weighted by Crippen LogP contribution is 2.22. The topological polar surface area (TPSA) is 52.6 Å². The molecule has 0 aromatic heterocycles. The maximum Gasteiger partial charge on any atom is 0.306 e. The molecule has 0 saturated carbocycles. The molecule has 0 aromatic carbocycles. The van der Waals surface area contributed by atoms with Crippen molar-refractivity contribution in [2.75, 3.05) is 26.2 Å². The van der Waals surface area contributed by atoms with Gasteiger partial charge in [0.05, 0.1) is 5.92 Å². The molecule has 2 N–H and O–H groups in total. The minimum atomic E-state index is -0.653. The van der Waals surface area contributed by atoms with Crippen LogP contribution in [0.3, 0.4) is 0 Å². The molecule has 2 aliphatic rings.